The summed E-state index contributed by atoms with van der Waals surface area (Å²) >= 11 is 0. The summed E-state index contributed by atoms with van der Waals surface area (Å²) in [5.41, 5.74) is 7.29. The molecule has 1 atom stereocenters. The highest BCUT2D eigenvalue weighted by Gasteiger charge is 2.37. The van der Waals surface area contributed by atoms with Gasteiger partial charge in [-0.15, -0.1) is 0 Å². The molecular weight excluding hydrogens is 251 g/mol. The molecule has 1 unspecified atom stereocenters. The number of fused-ring (bicyclic) bond motifs is 1. The van der Waals surface area contributed by atoms with Crippen molar-refractivity contribution in [1.82, 2.24) is 0 Å². The van der Waals surface area contributed by atoms with E-state index in [1.165, 1.54) is 24.3 Å². The molecule has 0 aromatic heterocycles. The van der Waals surface area contributed by atoms with Gasteiger partial charge in [-0.2, -0.15) is 0 Å². The first-order valence-electron chi connectivity index (χ1n) is 6.03. The van der Waals surface area contributed by atoms with E-state index in [1.807, 2.05) is 0 Å². The second kappa shape index (κ2) is 4.10. The van der Waals surface area contributed by atoms with Gasteiger partial charge in [-0.1, -0.05) is 6.07 Å². The summed E-state index contributed by atoms with van der Waals surface area (Å²) in [5.74, 6) is -1.64. The Morgan fingerprint density at radius 3 is 2.26 bits per heavy atom. The van der Waals surface area contributed by atoms with Crippen LogP contribution in [-0.4, -0.2) is 0 Å². The normalized spacial score (nSPS) is 21.5. The molecule has 3 rings (SSSR count). The van der Waals surface area contributed by atoms with Crippen molar-refractivity contribution in [2.75, 3.05) is 0 Å². The zero-order chi connectivity index (χ0) is 13.6. The van der Waals surface area contributed by atoms with E-state index in [4.69, 9.17) is 5.73 Å². The zero-order valence-corrected chi connectivity index (χ0v) is 10.1. The molecule has 0 saturated heterocycles. The van der Waals surface area contributed by atoms with Gasteiger partial charge in [0.2, 0.25) is 0 Å². The predicted octanol–water partition coefficient (Wildman–Crippen LogP) is 3.25. The average molecular weight is 263 g/mol. The molecule has 0 amide bonds. The average Bonchev–Trinajstić information content (AvgIpc) is 2.66. The summed E-state index contributed by atoms with van der Waals surface area (Å²) in [6.07, 6.45) is 1.11. The lowest BCUT2D eigenvalue weighted by molar-refractivity contribution is 0.514. The predicted molar refractivity (Wildman–Crippen MR) is 66.0 cm³/mol. The third kappa shape index (κ3) is 1.92. The maximum Gasteiger partial charge on any atom is 0.126 e. The van der Waals surface area contributed by atoms with Crippen LogP contribution in [0.4, 0.5) is 13.2 Å². The number of aryl methyl sites for hydroxylation is 1. The fourth-order valence-corrected chi connectivity index (χ4v) is 2.78. The van der Waals surface area contributed by atoms with Gasteiger partial charge in [0.1, 0.15) is 17.5 Å². The van der Waals surface area contributed by atoms with Gasteiger partial charge < -0.3 is 5.73 Å². The molecule has 1 aliphatic carbocycles. The van der Waals surface area contributed by atoms with Crippen LogP contribution in [0, 0.1) is 17.5 Å². The molecule has 19 heavy (non-hydrogen) atoms. The van der Waals surface area contributed by atoms with Gasteiger partial charge in [0.05, 0.1) is 5.54 Å². The van der Waals surface area contributed by atoms with Crippen LogP contribution >= 0.6 is 0 Å². The highest BCUT2D eigenvalue weighted by molar-refractivity contribution is 5.47. The van der Waals surface area contributed by atoms with Crippen molar-refractivity contribution in [1.29, 1.82) is 0 Å². The minimum Gasteiger partial charge on any atom is -0.318 e. The Kier molecular flexibility index (Phi) is 2.64. The van der Waals surface area contributed by atoms with E-state index >= 15 is 0 Å². The van der Waals surface area contributed by atoms with Crippen LogP contribution in [0.15, 0.2) is 36.4 Å². The molecule has 98 valence electrons. The van der Waals surface area contributed by atoms with Crippen molar-refractivity contribution in [3.05, 3.63) is 70.5 Å². The van der Waals surface area contributed by atoms with Crippen molar-refractivity contribution < 1.29 is 13.2 Å². The van der Waals surface area contributed by atoms with Gasteiger partial charge in [0.15, 0.2) is 0 Å². The van der Waals surface area contributed by atoms with Gasteiger partial charge >= 0.3 is 0 Å². The standard InChI is InChI=1S/C15H12F3N/c16-11-1-2-14-9(5-11)3-4-15(14,19)10-6-12(17)8-13(18)7-10/h1-2,5-8H,3-4,19H2. The van der Waals surface area contributed by atoms with Crippen molar-refractivity contribution in [3.8, 4) is 0 Å². The molecule has 0 saturated carbocycles. The number of rotatable bonds is 1. The number of hydrogen-bond donors (Lipinski definition) is 1. The molecule has 0 fully saturated rings. The summed E-state index contributed by atoms with van der Waals surface area (Å²) in [5, 5.41) is 0. The van der Waals surface area contributed by atoms with Crippen LogP contribution in [0.2, 0.25) is 0 Å². The molecule has 1 aliphatic rings. The van der Waals surface area contributed by atoms with Gasteiger partial charge in [0, 0.05) is 6.07 Å². The maximum absolute atomic E-state index is 13.3. The minimum absolute atomic E-state index is 0.326. The number of halogens is 3. The summed E-state index contributed by atoms with van der Waals surface area (Å²) < 4.78 is 39.9. The Bertz CT molecular complexity index is 634. The molecule has 1 nitrogen and oxygen atoms in total. The fraction of sp³-hybridized carbons (Fsp3) is 0.200. The maximum atomic E-state index is 13.3. The second-order valence-corrected chi connectivity index (χ2v) is 4.93. The van der Waals surface area contributed by atoms with E-state index < -0.39 is 17.2 Å². The molecular formula is C15H12F3N. The number of nitrogens with two attached hydrogens (primary N) is 1. The van der Waals surface area contributed by atoms with E-state index in [9.17, 15) is 13.2 Å². The summed E-state index contributed by atoms with van der Waals surface area (Å²) in [6.45, 7) is 0. The van der Waals surface area contributed by atoms with Gasteiger partial charge in [-0.25, -0.2) is 13.2 Å². The van der Waals surface area contributed by atoms with Crippen LogP contribution in [0.1, 0.15) is 23.1 Å². The van der Waals surface area contributed by atoms with Crippen molar-refractivity contribution in [2.24, 2.45) is 5.73 Å². The summed E-state index contributed by atoms with van der Waals surface area (Å²) in [7, 11) is 0. The highest BCUT2D eigenvalue weighted by atomic mass is 19.1. The van der Waals surface area contributed by atoms with E-state index in [-0.39, 0.29) is 5.82 Å². The molecule has 0 aliphatic heterocycles. The van der Waals surface area contributed by atoms with Crippen LogP contribution in [0.25, 0.3) is 0 Å². The minimum atomic E-state index is -0.952. The van der Waals surface area contributed by atoms with E-state index in [2.05, 4.69) is 0 Å². The Morgan fingerprint density at radius 1 is 0.895 bits per heavy atom. The lowest BCUT2D eigenvalue weighted by Gasteiger charge is -2.26. The highest BCUT2D eigenvalue weighted by Crippen LogP contribution is 2.40. The lowest BCUT2D eigenvalue weighted by atomic mass is 9.85. The van der Waals surface area contributed by atoms with Crippen molar-refractivity contribution >= 4 is 0 Å². The van der Waals surface area contributed by atoms with Crippen LogP contribution < -0.4 is 5.73 Å². The first kappa shape index (κ1) is 12.2. The first-order valence-corrected chi connectivity index (χ1v) is 6.03. The lowest BCUT2D eigenvalue weighted by Crippen LogP contribution is -2.35. The monoisotopic (exact) mass is 263 g/mol. The fourth-order valence-electron chi connectivity index (χ4n) is 2.78. The Balaban J connectivity index is 2.16. The molecule has 0 bridgehead atoms. The van der Waals surface area contributed by atoms with Gasteiger partial charge in [-0.05, 0) is 53.8 Å². The second-order valence-electron chi connectivity index (χ2n) is 4.93. The van der Waals surface area contributed by atoms with E-state index in [0.717, 1.165) is 17.2 Å². The first-order chi connectivity index (χ1) is 8.99. The molecule has 2 aromatic rings. The quantitative estimate of drug-likeness (QED) is 0.839. The third-order valence-electron chi connectivity index (χ3n) is 3.71. The Morgan fingerprint density at radius 2 is 1.58 bits per heavy atom. The Labute approximate surface area is 108 Å². The smallest absolute Gasteiger partial charge is 0.126 e. The molecule has 0 radical (unpaired) electrons. The summed E-state index contributed by atoms with van der Waals surface area (Å²) in [6, 6.07) is 7.64. The number of hydrogen-bond acceptors (Lipinski definition) is 1. The van der Waals surface area contributed by atoms with Crippen LogP contribution in [0.5, 0.6) is 0 Å². The number of benzene rings is 2. The van der Waals surface area contributed by atoms with Crippen molar-refractivity contribution in [3.63, 3.8) is 0 Å². The third-order valence-corrected chi connectivity index (χ3v) is 3.71. The molecule has 4 heteroatoms. The van der Waals surface area contributed by atoms with E-state index in [1.54, 1.807) is 6.07 Å². The molecule has 2 N–H and O–H groups in total. The van der Waals surface area contributed by atoms with Crippen LogP contribution in [0.3, 0.4) is 0 Å². The van der Waals surface area contributed by atoms with E-state index in [0.29, 0.717) is 18.4 Å². The van der Waals surface area contributed by atoms with Gasteiger partial charge in [-0.3, -0.25) is 0 Å². The van der Waals surface area contributed by atoms with Crippen molar-refractivity contribution in [2.45, 2.75) is 18.4 Å². The Hall–Kier alpha value is -1.81. The largest absolute Gasteiger partial charge is 0.318 e. The molecule has 0 heterocycles. The molecule has 0 spiro atoms. The zero-order valence-electron chi connectivity index (χ0n) is 10.1. The van der Waals surface area contributed by atoms with Gasteiger partial charge in [0.25, 0.3) is 0 Å². The van der Waals surface area contributed by atoms with Crippen LogP contribution in [-0.2, 0) is 12.0 Å². The summed E-state index contributed by atoms with van der Waals surface area (Å²) in [4.78, 5) is 0. The SMILES string of the molecule is NC1(c2cc(F)cc(F)c2)CCc2cc(F)ccc21. The molecule has 2 aromatic carbocycles. The topological polar surface area (TPSA) is 26.0 Å².